The van der Waals surface area contributed by atoms with E-state index in [1.54, 1.807) is 0 Å². The summed E-state index contributed by atoms with van der Waals surface area (Å²) in [6, 6.07) is -0.0213. The molecule has 0 aromatic heterocycles. The lowest BCUT2D eigenvalue weighted by atomic mass is 10.0. The maximum Gasteiger partial charge on any atom is 0.151 e. The van der Waals surface area contributed by atoms with Gasteiger partial charge in [0.2, 0.25) is 0 Å². The van der Waals surface area contributed by atoms with Gasteiger partial charge in [-0.1, -0.05) is 104 Å². The Hall–Kier alpha value is 0.170. The van der Waals surface area contributed by atoms with Gasteiger partial charge in [0, 0.05) is 12.8 Å². The van der Waals surface area contributed by atoms with Crippen LogP contribution in [0.5, 0.6) is 0 Å². The van der Waals surface area contributed by atoms with Crippen molar-refractivity contribution in [3.05, 3.63) is 0 Å². The molecule has 2 N–H and O–H groups in total. The van der Waals surface area contributed by atoms with Crippen LogP contribution in [0.1, 0.15) is 130 Å². The number of rotatable bonds is 19. The second kappa shape index (κ2) is 19.9. The van der Waals surface area contributed by atoms with Gasteiger partial charge in [-0.25, -0.2) is 0 Å². The standard InChI is InChI=1S/C22H48NO2.ClH/c1-4-7-8-9-10-11-12-13-14-15-16-17-18-19-20-21-22(5-2)23(24,25)6-3;/h22,24-25H,4-21H2,1-3H3;1H/q+1;/p-1. The van der Waals surface area contributed by atoms with Crippen LogP contribution in [0, 0.1) is 0 Å². The van der Waals surface area contributed by atoms with E-state index in [4.69, 9.17) is 0 Å². The van der Waals surface area contributed by atoms with Crippen molar-refractivity contribution in [2.45, 2.75) is 136 Å². The fourth-order valence-corrected chi connectivity index (χ4v) is 3.71. The van der Waals surface area contributed by atoms with E-state index in [-0.39, 0.29) is 18.4 Å². The summed E-state index contributed by atoms with van der Waals surface area (Å²) in [5.74, 6) is 0. The van der Waals surface area contributed by atoms with Crippen LogP contribution in [0.25, 0.3) is 0 Å². The smallest absolute Gasteiger partial charge is 0.151 e. The molecule has 0 heterocycles. The Morgan fingerprint density at radius 3 is 1.23 bits per heavy atom. The zero-order chi connectivity index (χ0) is 18.8. The van der Waals surface area contributed by atoms with Crippen molar-refractivity contribution in [1.82, 2.24) is 0 Å². The first-order valence-corrected chi connectivity index (χ1v) is 11.4. The molecular weight excluding hydrogens is 346 g/mol. The lowest BCUT2D eigenvalue weighted by Crippen LogP contribution is -3.00. The summed E-state index contributed by atoms with van der Waals surface area (Å²) in [4.78, 5) is -0.797. The van der Waals surface area contributed by atoms with Crippen molar-refractivity contribution in [3.63, 3.8) is 0 Å². The van der Waals surface area contributed by atoms with E-state index >= 15 is 0 Å². The van der Waals surface area contributed by atoms with Gasteiger partial charge in [0.15, 0.2) is 6.04 Å². The highest BCUT2D eigenvalue weighted by molar-refractivity contribution is 4.55. The third-order valence-electron chi connectivity index (χ3n) is 5.66. The molecule has 0 aliphatic rings. The third-order valence-corrected chi connectivity index (χ3v) is 5.66. The minimum atomic E-state index is -0.797. The summed E-state index contributed by atoms with van der Waals surface area (Å²) in [5.41, 5.74) is 0. The normalized spacial score (nSPS) is 12.8. The topological polar surface area (TPSA) is 40.5 Å². The molecule has 0 aromatic rings. The number of unbranched alkanes of at least 4 members (excludes halogenated alkanes) is 14. The zero-order valence-corrected chi connectivity index (χ0v) is 18.8. The molecular formula is C22H48ClNO2. The lowest BCUT2D eigenvalue weighted by molar-refractivity contribution is -1.26. The second-order valence-electron chi connectivity index (χ2n) is 7.90. The molecule has 1 unspecified atom stereocenters. The maximum atomic E-state index is 9.89. The van der Waals surface area contributed by atoms with Gasteiger partial charge < -0.3 is 12.4 Å². The molecule has 0 aliphatic carbocycles. The fraction of sp³-hybridized carbons (Fsp3) is 1.00. The zero-order valence-electron chi connectivity index (χ0n) is 18.0. The highest BCUT2D eigenvalue weighted by Gasteiger charge is 2.31. The molecule has 26 heavy (non-hydrogen) atoms. The Balaban J connectivity index is 0. The minimum Gasteiger partial charge on any atom is -1.00 e. The van der Waals surface area contributed by atoms with Crippen LogP contribution in [-0.4, -0.2) is 27.8 Å². The Bertz CT molecular complexity index is 275. The average Bonchev–Trinajstić information content (AvgIpc) is 2.61. The number of quaternary nitrogens is 1. The van der Waals surface area contributed by atoms with Crippen molar-refractivity contribution >= 4 is 0 Å². The summed E-state index contributed by atoms with van der Waals surface area (Å²) < 4.78 is 0. The van der Waals surface area contributed by atoms with Crippen LogP contribution in [0.15, 0.2) is 0 Å². The fourth-order valence-electron chi connectivity index (χ4n) is 3.71. The van der Waals surface area contributed by atoms with E-state index in [1.165, 1.54) is 89.9 Å². The van der Waals surface area contributed by atoms with Gasteiger partial charge in [-0.3, -0.25) is 0 Å². The molecule has 160 valence electrons. The largest absolute Gasteiger partial charge is 1.00 e. The van der Waals surface area contributed by atoms with Gasteiger partial charge in [-0.2, -0.15) is 10.4 Å². The van der Waals surface area contributed by atoms with E-state index < -0.39 is 4.81 Å². The van der Waals surface area contributed by atoms with Gasteiger partial charge in [0.25, 0.3) is 0 Å². The molecule has 0 saturated heterocycles. The van der Waals surface area contributed by atoms with Crippen LogP contribution in [0.2, 0.25) is 0 Å². The number of hydrogen-bond acceptors (Lipinski definition) is 2. The molecule has 0 aliphatic heterocycles. The lowest BCUT2D eigenvalue weighted by Gasteiger charge is -2.28. The summed E-state index contributed by atoms with van der Waals surface area (Å²) >= 11 is 0. The van der Waals surface area contributed by atoms with E-state index in [0.29, 0.717) is 6.54 Å². The summed E-state index contributed by atoms with van der Waals surface area (Å²) in [6.45, 7) is 6.53. The van der Waals surface area contributed by atoms with Crippen molar-refractivity contribution in [2.24, 2.45) is 0 Å². The average molecular weight is 394 g/mol. The van der Waals surface area contributed by atoms with Crippen LogP contribution < -0.4 is 12.4 Å². The number of hydrogen-bond donors (Lipinski definition) is 2. The first-order valence-electron chi connectivity index (χ1n) is 11.4. The first-order chi connectivity index (χ1) is 12.1. The molecule has 0 saturated carbocycles. The van der Waals surface area contributed by atoms with E-state index in [9.17, 15) is 10.4 Å². The van der Waals surface area contributed by atoms with Crippen molar-refractivity contribution in [1.29, 1.82) is 0 Å². The molecule has 3 nitrogen and oxygen atoms in total. The Morgan fingerprint density at radius 1 is 0.577 bits per heavy atom. The Kier molecular flexibility index (Phi) is 21.7. The third kappa shape index (κ3) is 16.4. The molecule has 0 spiro atoms. The van der Waals surface area contributed by atoms with Crippen LogP contribution in [0.3, 0.4) is 0 Å². The van der Waals surface area contributed by atoms with Gasteiger partial charge >= 0.3 is 0 Å². The van der Waals surface area contributed by atoms with Crippen molar-refractivity contribution in [2.75, 3.05) is 6.54 Å². The summed E-state index contributed by atoms with van der Waals surface area (Å²) in [7, 11) is 0. The van der Waals surface area contributed by atoms with Crippen molar-refractivity contribution < 1.29 is 27.6 Å². The van der Waals surface area contributed by atoms with Crippen LogP contribution in [-0.2, 0) is 0 Å². The van der Waals surface area contributed by atoms with Gasteiger partial charge in [-0.15, -0.1) is 0 Å². The van der Waals surface area contributed by atoms with Gasteiger partial charge in [0.1, 0.15) is 6.54 Å². The Morgan fingerprint density at radius 2 is 0.923 bits per heavy atom. The minimum absolute atomic E-state index is 0. The predicted octanol–water partition coefficient (Wildman–Crippen LogP) is 4.65. The van der Waals surface area contributed by atoms with E-state index in [1.807, 2.05) is 13.8 Å². The first kappa shape index (κ1) is 28.4. The summed E-state index contributed by atoms with van der Waals surface area (Å²) in [6.07, 6.45) is 22.3. The monoisotopic (exact) mass is 393 g/mol. The Labute approximate surface area is 170 Å². The molecule has 0 fully saturated rings. The number of nitrogens with zero attached hydrogens (tertiary/aromatic N) is 1. The molecule has 1 atom stereocenters. The van der Waals surface area contributed by atoms with Crippen molar-refractivity contribution in [3.8, 4) is 0 Å². The maximum absolute atomic E-state index is 9.89. The van der Waals surface area contributed by atoms with Crippen LogP contribution >= 0.6 is 0 Å². The van der Waals surface area contributed by atoms with Crippen LogP contribution in [0.4, 0.5) is 0 Å². The number of halogens is 1. The molecule has 0 bridgehead atoms. The highest BCUT2D eigenvalue weighted by atomic mass is 35.5. The number of hydroxylamine groups is 4. The molecule has 0 aromatic carbocycles. The second-order valence-corrected chi connectivity index (χ2v) is 7.90. The van der Waals surface area contributed by atoms with E-state index in [2.05, 4.69) is 6.92 Å². The molecule has 4 heteroatoms. The summed E-state index contributed by atoms with van der Waals surface area (Å²) in [5, 5.41) is 19.8. The molecule has 0 amide bonds. The quantitative estimate of drug-likeness (QED) is 0.190. The highest BCUT2D eigenvalue weighted by Crippen LogP contribution is 2.18. The van der Waals surface area contributed by atoms with Gasteiger partial charge in [-0.05, 0) is 18.2 Å². The SMILES string of the molecule is CCCCCCCCCCCCCCCCCC(CC)[N+](O)(O)CC.[Cl-]. The van der Waals surface area contributed by atoms with Gasteiger partial charge in [0.05, 0.1) is 0 Å². The predicted molar refractivity (Wildman–Crippen MR) is 108 cm³/mol. The molecule has 0 rings (SSSR count). The molecule has 0 radical (unpaired) electrons. The van der Waals surface area contributed by atoms with E-state index in [0.717, 1.165) is 19.3 Å².